The minimum absolute atomic E-state index is 0.0150. The standard InChI is InChI=1S/C25H35N3O6/c1-2-33-23(30)12-10-20-16-28-21(20)15-19(9-11-22(28)29)24(31)26-13-6-14-27-25(32)34-17-18-7-4-3-5-8-18/h3-5,7-8,19-21H,2,6,9-17H2,1H3,(H,26,31)(H,27,32). The van der Waals surface area contributed by atoms with Gasteiger partial charge in [0.05, 0.1) is 6.61 Å². The fourth-order valence-electron chi connectivity index (χ4n) is 4.55. The molecule has 9 heteroatoms. The van der Waals surface area contributed by atoms with Crippen molar-refractivity contribution < 1.29 is 28.7 Å². The molecule has 186 valence electrons. The molecule has 2 N–H and O–H groups in total. The van der Waals surface area contributed by atoms with Crippen molar-refractivity contribution in [1.82, 2.24) is 15.5 Å². The maximum atomic E-state index is 12.7. The van der Waals surface area contributed by atoms with Gasteiger partial charge in [-0.25, -0.2) is 4.79 Å². The molecule has 3 unspecified atom stereocenters. The lowest BCUT2D eigenvalue weighted by atomic mass is 9.80. The van der Waals surface area contributed by atoms with E-state index in [-0.39, 0.29) is 42.3 Å². The monoisotopic (exact) mass is 473 g/mol. The van der Waals surface area contributed by atoms with Gasteiger partial charge in [0.2, 0.25) is 11.8 Å². The molecule has 0 radical (unpaired) electrons. The van der Waals surface area contributed by atoms with Gasteiger partial charge in [0.1, 0.15) is 6.61 Å². The number of nitrogens with zero attached hydrogens (tertiary/aromatic N) is 1. The van der Waals surface area contributed by atoms with Crippen LogP contribution in [0.1, 0.15) is 51.0 Å². The molecule has 2 aliphatic rings. The number of carbonyl (C=O) groups excluding carboxylic acids is 4. The third kappa shape index (κ3) is 7.46. The van der Waals surface area contributed by atoms with Gasteiger partial charge < -0.3 is 25.0 Å². The molecule has 1 aromatic carbocycles. The van der Waals surface area contributed by atoms with Crippen LogP contribution in [0.5, 0.6) is 0 Å². The molecule has 3 atom stereocenters. The second-order valence-corrected chi connectivity index (χ2v) is 8.82. The fourth-order valence-corrected chi connectivity index (χ4v) is 4.55. The number of ether oxygens (including phenoxy) is 2. The van der Waals surface area contributed by atoms with Crippen LogP contribution in [0.3, 0.4) is 0 Å². The lowest BCUT2D eigenvalue weighted by molar-refractivity contribution is -0.146. The van der Waals surface area contributed by atoms with E-state index in [1.807, 2.05) is 35.2 Å². The van der Waals surface area contributed by atoms with Crippen LogP contribution in [-0.2, 0) is 30.5 Å². The highest BCUT2D eigenvalue weighted by Gasteiger charge is 2.45. The summed E-state index contributed by atoms with van der Waals surface area (Å²) >= 11 is 0. The first kappa shape index (κ1) is 25.5. The number of nitrogens with one attached hydrogen (secondary N) is 2. The Bertz CT molecular complexity index is 846. The third-order valence-corrected chi connectivity index (χ3v) is 6.46. The first-order valence-corrected chi connectivity index (χ1v) is 12.1. The van der Waals surface area contributed by atoms with Crippen LogP contribution in [0.2, 0.25) is 0 Å². The minimum Gasteiger partial charge on any atom is -0.466 e. The Morgan fingerprint density at radius 3 is 2.62 bits per heavy atom. The summed E-state index contributed by atoms with van der Waals surface area (Å²) in [5.41, 5.74) is 0.917. The number of rotatable bonds is 11. The molecule has 0 aromatic heterocycles. The quantitative estimate of drug-likeness (QED) is 0.377. The number of esters is 1. The summed E-state index contributed by atoms with van der Waals surface area (Å²) in [5.74, 6) is -0.183. The molecule has 1 aromatic rings. The zero-order valence-electron chi connectivity index (χ0n) is 19.8. The minimum atomic E-state index is -0.489. The van der Waals surface area contributed by atoms with Crippen molar-refractivity contribution in [3.63, 3.8) is 0 Å². The molecule has 2 aliphatic heterocycles. The molecule has 0 bridgehead atoms. The largest absolute Gasteiger partial charge is 0.466 e. The van der Waals surface area contributed by atoms with E-state index in [0.29, 0.717) is 64.8 Å². The molecule has 3 amide bonds. The van der Waals surface area contributed by atoms with E-state index in [1.54, 1.807) is 6.92 Å². The van der Waals surface area contributed by atoms with Gasteiger partial charge >= 0.3 is 12.1 Å². The number of hydrogen-bond donors (Lipinski definition) is 2. The topological polar surface area (TPSA) is 114 Å². The summed E-state index contributed by atoms with van der Waals surface area (Å²) < 4.78 is 10.2. The highest BCUT2D eigenvalue weighted by Crippen LogP contribution is 2.37. The van der Waals surface area contributed by atoms with Gasteiger partial charge in [0, 0.05) is 44.4 Å². The van der Waals surface area contributed by atoms with Crippen molar-refractivity contribution in [2.45, 2.75) is 58.1 Å². The van der Waals surface area contributed by atoms with Gasteiger partial charge in [-0.2, -0.15) is 0 Å². The second-order valence-electron chi connectivity index (χ2n) is 8.82. The van der Waals surface area contributed by atoms with Gasteiger partial charge in [-0.15, -0.1) is 0 Å². The smallest absolute Gasteiger partial charge is 0.407 e. The summed E-state index contributed by atoms with van der Waals surface area (Å²) in [7, 11) is 0. The molecule has 34 heavy (non-hydrogen) atoms. The van der Waals surface area contributed by atoms with E-state index in [0.717, 1.165) is 5.56 Å². The molecule has 0 spiro atoms. The zero-order valence-corrected chi connectivity index (χ0v) is 19.8. The number of fused-ring (bicyclic) bond motifs is 1. The van der Waals surface area contributed by atoms with Gasteiger partial charge in [-0.05, 0) is 44.1 Å². The lowest BCUT2D eigenvalue weighted by Gasteiger charge is -2.48. The molecule has 0 saturated carbocycles. The Kier molecular flexibility index (Phi) is 9.73. The second kappa shape index (κ2) is 13.0. The maximum Gasteiger partial charge on any atom is 0.407 e. The summed E-state index contributed by atoms with van der Waals surface area (Å²) in [4.78, 5) is 50.4. The van der Waals surface area contributed by atoms with Crippen LogP contribution in [0, 0.1) is 11.8 Å². The van der Waals surface area contributed by atoms with Crippen LogP contribution in [0.15, 0.2) is 30.3 Å². The van der Waals surface area contributed by atoms with E-state index in [4.69, 9.17) is 9.47 Å². The van der Waals surface area contributed by atoms with Crippen molar-refractivity contribution in [1.29, 1.82) is 0 Å². The number of hydrogen-bond acceptors (Lipinski definition) is 6. The van der Waals surface area contributed by atoms with Crippen LogP contribution in [0.4, 0.5) is 4.79 Å². The summed E-state index contributed by atoms with van der Waals surface area (Å²) in [6.07, 6.45) is 2.63. The molecule has 3 rings (SSSR count). The highest BCUT2D eigenvalue weighted by atomic mass is 16.5. The Hall–Kier alpha value is -3.10. The van der Waals surface area contributed by atoms with Gasteiger partial charge in [-0.3, -0.25) is 14.4 Å². The van der Waals surface area contributed by atoms with Crippen LogP contribution in [0.25, 0.3) is 0 Å². The zero-order chi connectivity index (χ0) is 24.3. The summed E-state index contributed by atoms with van der Waals surface area (Å²) in [5, 5.41) is 5.61. The van der Waals surface area contributed by atoms with E-state index < -0.39 is 6.09 Å². The van der Waals surface area contributed by atoms with E-state index in [1.165, 1.54) is 0 Å². The predicted octanol–water partition coefficient (Wildman–Crippen LogP) is 2.39. The molecular formula is C25H35N3O6. The van der Waals surface area contributed by atoms with E-state index in [2.05, 4.69) is 10.6 Å². The Labute approximate surface area is 200 Å². The molecule has 2 saturated heterocycles. The van der Waals surface area contributed by atoms with Crippen LogP contribution >= 0.6 is 0 Å². The first-order chi connectivity index (χ1) is 16.5. The molecule has 9 nitrogen and oxygen atoms in total. The lowest BCUT2D eigenvalue weighted by Crippen LogP contribution is -2.58. The third-order valence-electron chi connectivity index (χ3n) is 6.46. The Balaban J connectivity index is 1.33. The fraction of sp³-hybridized carbons (Fsp3) is 0.600. The van der Waals surface area contributed by atoms with Crippen molar-refractivity contribution >= 4 is 23.9 Å². The van der Waals surface area contributed by atoms with Crippen molar-refractivity contribution in [3.05, 3.63) is 35.9 Å². The maximum absolute atomic E-state index is 12.7. The van der Waals surface area contributed by atoms with Crippen LogP contribution in [-0.4, -0.2) is 61.1 Å². The van der Waals surface area contributed by atoms with E-state index >= 15 is 0 Å². The molecular weight excluding hydrogens is 438 g/mol. The highest BCUT2D eigenvalue weighted by molar-refractivity contribution is 5.82. The Morgan fingerprint density at radius 2 is 1.85 bits per heavy atom. The predicted molar refractivity (Wildman–Crippen MR) is 124 cm³/mol. The number of alkyl carbamates (subject to hydrolysis) is 1. The summed E-state index contributed by atoms with van der Waals surface area (Å²) in [6.45, 7) is 3.84. The molecule has 2 fully saturated rings. The van der Waals surface area contributed by atoms with Crippen LogP contribution < -0.4 is 10.6 Å². The van der Waals surface area contributed by atoms with Crippen molar-refractivity contribution in [2.75, 3.05) is 26.2 Å². The number of amides is 3. The van der Waals surface area contributed by atoms with Gasteiger partial charge in [0.15, 0.2) is 0 Å². The summed E-state index contributed by atoms with van der Waals surface area (Å²) in [6, 6.07) is 9.45. The molecule has 0 aliphatic carbocycles. The van der Waals surface area contributed by atoms with E-state index in [9.17, 15) is 19.2 Å². The number of carbonyl (C=O) groups is 4. The SMILES string of the molecule is CCOC(=O)CCC1CN2C(=O)CCC(C(=O)NCCCNC(=O)OCc3ccccc3)CC12. The van der Waals surface area contributed by atoms with Crippen molar-refractivity contribution in [3.8, 4) is 0 Å². The normalized spacial score (nSPS) is 21.5. The first-order valence-electron chi connectivity index (χ1n) is 12.1. The Morgan fingerprint density at radius 1 is 1.09 bits per heavy atom. The average molecular weight is 474 g/mol. The number of benzene rings is 1. The average Bonchev–Trinajstić information content (AvgIpc) is 2.94. The van der Waals surface area contributed by atoms with Crippen molar-refractivity contribution in [2.24, 2.45) is 11.8 Å². The molecule has 2 heterocycles. The van der Waals surface area contributed by atoms with Gasteiger partial charge in [0.25, 0.3) is 0 Å². The van der Waals surface area contributed by atoms with Gasteiger partial charge in [-0.1, -0.05) is 30.3 Å².